The van der Waals surface area contributed by atoms with Crippen molar-refractivity contribution in [1.82, 2.24) is 24.0 Å². The first kappa shape index (κ1) is 21.7. The maximum Gasteiger partial charge on any atom is 0.407 e. The van der Waals surface area contributed by atoms with E-state index in [1.54, 1.807) is 11.5 Å². The molecule has 0 atom stereocenters. The molecule has 1 aromatic carbocycles. The summed E-state index contributed by atoms with van der Waals surface area (Å²) in [6.45, 7) is 4.04. The Morgan fingerprint density at radius 2 is 1.84 bits per heavy atom. The summed E-state index contributed by atoms with van der Waals surface area (Å²) in [5.41, 5.74) is 1.44. The van der Waals surface area contributed by atoms with E-state index < -0.39 is 6.09 Å². The molecule has 1 saturated heterocycles. The van der Waals surface area contributed by atoms with Crippen molar-refractivity contribution in [1.29, 1.82) is 0 Å². The van der Waals surface area contributed by atoms with Crippen molar-refractivity contribution in [3.05, 3.63) is 51.5 Å². The SMILES string of the molecule is CC#CCn1c(N2CCN(C(=O)O)CC2)nc2nc(Cl)n(CCc3ccccc3)c(=O)c21. The van der Waals surface area contributed by atoms with Gasteiger partial charge >= 0.3 is 6.09 Å². The molecule has 10 heteroatoms. The van der Waals surface area contributed by atoms with E-state index in [2.05, 4.69) is 21.8 Å². The van der Waals surface area contributed by atoms with Crippen molar-refractivity contribution in [3.63, 3.8) is 0 Å². The summed E-state index contributed by atoms with van der Waals surface area (Å²) in [7, 11) is 0. The van der Waals surface area contributed by atoms with E-state index in [0.717, 1.165) is 5.56 Å². The fourth-order valence-electron chi connectivity index (χ4n) is 3.80. The highest BCUT2D eigenvalue weighted by Crippen LogP contribution is 2.22. The Kier molecular flexibility index (Phi) is 6.32. The van der Waals surface area contributed by atoms with Crippen molar-refractivity contribution in [2.45, 2.75) is 26.4 Å². The highest BCUT2D eigenvalue weighted by Gasteiger charge is 2.26. The second kappa shape index (κ2) is 9.32. The van der Waals surface area contributed by atoms with Crippen LogP contribution in [0.25, 0.3) is 11.2 Å². The summed E-state index contributed by atoms with van der Waals surface area (Å²) in [5, 5.41) is 9.30. The number of hydrogen-bond donors (Lipinski definition) is 1. The maximum atomic E-state index is 13.4. The molecule has 1 N–H and O–H groups in total. The molecule has 0 saturated carbocycles. The molecule has 0 aliphatic carbocycles. The predicted molar refractivity (Wildman–Crippen MR) is 122 cm³/mol. The maximum absolute atomic E-state index is 13.4. The summed E-state index contributed by atoms with van der Waals surface area (Å²) in [4.78, 5) is 36.9. The lowest BCUT2D eigenvalue weighted by molar-refractivity contribution is 0.142. The number of carbonyl (C=O) groups is 1. The zero-order valence-electron chi connectivity index (χ0n) is 17.7. The number of aromatic nitrogens is 4. The molecular weight excluding hydrogens is 432 g/mol. The average Bonchev–Trinajstić information content (AvgIpc) is 3.16. The van der Waals surface area contributed by atoms with Crippen LogP contribution in [0.1, 0.15) is 12.5 Å². The van der Waals surface area contributed by atoms with E-state index in [9.17, 15) is 14.7 Å². The Labute approximate surface area is 189 Å². The number of imidazole rings is 1. The van der Waals surface area contributed by atoms with Gasteiger partial charge in [-0.3, -0.25) is 13.9 Å². The molecule has 166 valence electrons. The van der Waals surface area contributed by atoms with Crippen molar-refractivity contribution < 1.29 is 9.90 Å². The van der Waals surface area contributed by atoms with E-state index in [0.29, 0.717) is 50.6 Å². The molecule has 1 aliphatic heterocycles. The number of anilines is 1. The minimum atomic E-state index is -0.940. The third-order valence-corrected chi connectivity index (χ3v) is 5.80. The number of hydrogen-bond acceptors (Lipinski definition) is 5. The van der Waals surface area contributed by atoms with E-state index in [4.69, 9.17) is 11.6 Å². The van der Waals surface area contributed by atoms with Gasteiger partial charge in [0.1, 0.15) is 0 Å². The first-order valence-corrected chi connectivity index (χ1v) is 10.7. The molecular formula is C22H23ClN6O3. The minimum absolute atomic E-state index is 0.0897. The van der Waals surface area contributed by atoms with E-state index in [1.807, 2.05) is 35.2 Å². The molecule has 0 spiro atoms. The first-order chi connectivity index (χ1) is 15.5. The monoisotopic (exact) mass is 454 g/mol. The molecule has 3 aromatic rings. The topological polar surface area (TPSA) is 96.5 Å². The van der Waals surface area contributed by atoms with E-state index in [-0.39, 0.29) is 23.0 Å². The first-order valence-electron chi connectivity index (χ1n) is 10.3. The molecule has 32 heavy (non-hydrogen) atoms. The van der Waals surface area contributed by atoms with Crippen molar-refractivity contribution in [2.24, 2.45) is 0 Å². The lowest BCUT2D eigenvalue weighted by atomic mass is 10.1. The molecule has 9 nitrogen and oxygen atoms in total. The van der Waals surface area contributed by atoms with Gasteiger partial charge in [0.15, 0.2) is 11.2 Å². The predicted octanol–water partition coefficient (Wildman–Crippen LogP) is 2.31. The zero-order valence-corrected chi connectivity index (χ0v) is 18.4. The largest absolute Gasteiger partial charge is 0.465 e. The molecule has 0 radical (unpaired) electrons. The lowest BCUT2D eigenvalue weighted by Crippen LogP contribution is -2.49. The van der Waals surface area contributed by atoms with Crippen LogP contribution < -0.4 is 10.5 Å². The van der Waals surface area contributed by atoms with Crippen LogP contribution in [0.5, 0.6) is 0 Å². The summed E-state index contributed by atoms with van der Waals surface area (Å²) in [5.74, 6) is 6.41. The lowest BCUT2D eigenvalue weighted by Gasteiger charge is -2.33. The van der Waals surface area contributed by atoms with Gasteiger partial charge in [0, 0.05) is 32.7 Å². The number of piperazine rings is 1. The van der Waals surface area contributed by atoms with Crippen LogP contribution in [0.4, 0.5) is 10.7 Å². The molecule has 3 heterocycles. The van der Waals surface area contributed by atoms with Gasteiger partial charge in [-0.2, -0.15) is 9.97 Å². The Morgan fingerprint density at radius 1 is 1.12 bits per heavy atom. The van der Waals surface area contributed by atoms with Gasteiger partial charge in [-0.05, 0) is 30.5 Å². The third-order valence-electron chi connectivity index (χ3n) is 5.51. The molecule has 1 fully saturated rings. The summed E-state index contributed by atoms with van der Waals surface area (Å²) in [6.07, 6.45) is -0.301. The second-order valence-electron chi connectivity index (χ2n) is 7.43. The molecule has 1 aliphatic rings. The van der Waals surface area contributed by atoms with Gasteiger partial charge in [-0.1, -0.05) is 36.3 Å². The smallest absolute Gasteiger partial charge is 0.407 e. The molecule has 1 amide bonds. The second-order valence-corrected chi connectivity index (χ2v) is 7.76. The van der Waals surface area contributed by atoms with Crippen LogP contribution in [0, 0.1) is 11.8 Å². The van der Waals surface area contributed by atoms with E-state index >= 15 is 0 Å². The quantitative estimate of drug-likeness (QED) is 0.469. The van der Waals surface area contributed by atoms with Crippen molar-refractivity contribution in [3.8, 4) is 11.8 Å². The Bertz CT molecular complexity index is 1250. The van der Waals surface area contributed by atoms with Gasteiger partial charge < -0.3 is 14.9 Å². The molecule has 0 bridgehead atoms. The van der Waals surface area contributed by atoms with Crippen molar-refractivity contribution >= 4 is 34.8 Å². The fraction of sp³-hybridized carbons (Fsp3) is 0.364. The van der Waals surface area contributed by atoms with Crippen LogP contribution in [0.15, 0.2) is 35.1 Å². The summed E-state index contributed by atoms with van der Waals surface area (Å²) >= 11 is 6.37. The number of fused-ring (bicyclic) bond motifs is 1. The average molecular weight is 455 g/mol. The third kappa shape index (κ3) is 4.27. The van der Waals surface area contributed by atoms with Gasteiger partial charge in [0.05, 0.1) is 6.54 Å². The highest BCUT2D eigenvalue weighted by molar-refractivity contribution is 6.28. The number of rotatable bonds is 5. The molecule has 2 aromatic heterocycles. The van der Waals surface area contributed by atoms with Crippen LogP contribution in [-0.2, 0) is 19.5 Å². The number of benzene rings is 1. The number of aryl methyl sites for hydroxylation is 1. The summed E-state index contributed by atoms with van der Waals surface area (Å²) < 4.78 is 3.22. The number of halogens is 1. The van der Waals surface area contributed by atoms with Gasteiger partial charge in [0.25, 0.3) is 5.56 Å². The van der Waals surface area contributed by atoms with Crippen LogP contribution >= 0.6 is 11.6 Å². The summed E-state index contributed by atoms with van der Waals surface area (Å²) in [6, 6.07) is 9.86. The van der Waals surface area contributed by atoms with Crippen molar-refractivity contribution in [2.75, 3.05) is 31.1 Å². The number of carboxylic acid groups (broad SMARTS) is 1. The van der Waals surface area contributed by atoms with Gasteiger partial charge in [-0.25, -0.2) is 4.79 Å². The van der Waals surface area contributed by atoms with Crippen LogP contribution in [0.2, 0.25) is 5.28 Å². The number of amides is 1. The molecule has 0 unspecified atom stereocenters. The van der Waals surface area contributed by atoms with Crippen LogP contribution in [0.3, 0.4) is 0 Å². The van der Waals surface area contributed by atoms with E-state index in [1.165, 1.54) is 9.47 Å². The standard InChI is InChI=1S/C22H23ClN6O3/c1-2-3-10-28-17-18(25-21(28)26-12-14-27(15-13-26)22(31)32)24-20(23)29(19(17)30)11-9-16-7-5-4-6-8-16/h4-8H,9-15H2,1H3,(H,31,32). The highest BCUT2D eigenvalue weighted by atomic mass is 35.5. The normalized spacial score (nSPS) is 13.8. The fourth-order valence-corrected chi connectivity index (χ4v) is 4.04. The van der Waals surface area contributed by atoms with Gasteiger partial charge in [-0.15, -0.1) is 5.92 Å². The Morgan fingerprint density at radius 3 is 2.50 bits per heavy atom. The number of nitrogens with zero attached hydrogens (tertiary/aromatic N) is 6. The van der Waals surface area contributed by atoms with Gasteiger partial charge in [0.2, 0.25) is 11.2 Å². The molecule has 4 rings (SSSR count). The van der Waals surface area contributed by atoms with Crippen LogP contribution in [-0.4, -0.2) is 61.4 Å². The zero-order chi connectivity index (χ0) is 22.7. The Hall–Kier alpha value is -3.51. The Balaban J connectivity index is 1.72. The minimum Gasteiger partial charge on any atom is -0.465 e.